The van der Waals surface area contributed by atoms with Crippen molar-refractivity contribution in [1.29, 1.82) is 0 Å². The monoisotopic (exact) mass is 366 g/mol. The van der Waals surface area contributed by atoms with E-state index in [9.17, 15) is 4.39 Å². The van der Waals surface area contributed by atoms with Crippen molar-refractivity contribution in [1.82, 2.24) is 10.2 Å². The zero-order chi connectivity index (χ0) is 19.2. The van der Waals surface area contributed by atoms with Gasteiger partial charge in [-0.15, -0.1) is 0 Å². The molecule has 1 atom stereocenters. The fourth-order valence-corrected chi connectivity index (χ4v) is 2.84. The Morgan fingerprint density at radius 2 is 2.08 bits per heavy atom. The van der Waals surface area contributed by atoms with Crippen molar-refractivity contribution in [2.24, 2.45) is 0 Å². The average molecular weight is 367 g/mol. The van der Waals surface area contributed by atoms with Gasteiger partial charge in [-0.2, -0.15) is 0 Å². The van der Waals surface area contributed by atoms with Crippen molar-refractivity contribution in [2.75, 3.05) is 46.9 Å². The van der Waals surface area contributed by atoms with Crippen LogP contribution in [-0.2, 0) is 9.47 Å². The summed E-state index contributed by atoms with van der Waals surface area (Å²) < 4.78 is 23.7. The average Bonchev–Trinajstić information content (AvgIpc) is 2.67. The number of nitrogens with zero attached hydrogens (tertiary/aromatic N) is 1. The van der Waals surface area contributed by atoms with Gasteiger partial charge in [0.15, 0.2) is 11.5 Å². The summed E-state index contributed by atoms with van der Waals surface area (Å²) in [4.78, 5) is 2.35. The minimum Gasteiger partial charge on any atom is -0.493 e. The molecule has 26 heavy (non-hydrogen) atoms. The van der Waals surface area contributed by atoms with Gasteiger partial charge in [-0.25, -0.2) is 4.39 Å². The second-order valence-corrected chi connectivity index (χ2v) is 6.27. The van der Waals surface area contributed by atoms with Gasteiger partial charge in [0.1, 0.15) is 6.17 Å². The number of nitrogens with one attached hydrogen (secondary N) is 1. The maximum atomic E-state index is 13.0. The Morgan fingerprint density at radius 3 is 2.65 bits per heavy atom. The molecule has 1 unspecified atom stereocenters. The lowest BCUT2D eigenvalue weighted by atomic mass is 10.0. The number of methoxy groups -OCH3 is 2. The first-order valence-electron chi connectivity index (χ1n) is 9.53. The van der Waals surface area contributed by atoms with Crippen molar-refractivity contribution in [3.63, 3.8) is 0 Å². The molecular formula is C21H35FN2O2. The fourth-order valence-electron chi connectivity index (χ4n) is 2.84. The second-order valence-electron chi connectivity index (χ2n) is 6.27. The van der Waals surface area contributed by atoms with Crippen LogP contribution in [0.25, 0.3) is 0 Å². The van der Waals surface area contributed by atoms with Crippen molar-refractivity contribution in [3.05, 3.63) is 47.5 Å². The first kappa shape index (κ1) is 22.5. The van der Waals surface area contributed by atoms with E-state index in [2.05, 4.69) is 23.2 Å². The summed E-state index contributed by atoms with van der Waals surface area (Å²) in [6.07, 6.45) is 11.4. The molecule has 0 saturated carbocycles. The van der Waals surface area contributed by atoms with E-state index < -0.39 is 6.17 Å². The highest BCUT2D eigenvalue weighted by atomic mass is 19.1. The number of hydrogen-bond acceptors (Lipinski definition) is 4. The van der Waals surface area contributed by atoms with Crippen molar-refractivity contribution < 1.29 is 13.9 Å². The minimum atomic E-state index is -0.794. The molecule has 0 amide bonds. The quantitative estimate of drug-likeness (QED) is 0.304. The number of hydrogen-bond donors (Lipinski definition) is 1. The van der Waals surface area contributed by atoms with Gasteiger partial charge in [-0.1, -0.05) is 30.7 Å². The van der Waals surface area contributed by atoms with Crippen molar-refractivity contribution in [2.45, 2.75) is 39.3 Å². The first-order valence-corrected chi connectivity index (χ1v) is 9.53. The molecule has 1 rings (SSSR count). The molecular weight excluding hydrogens is 331 g/mol. The molecule has 0 aromatic heterocycles. The molecule has 1 N–H and O–H groups in total. The second kappa shape index (κ2) is 13.6. The number of allylic oxidation sites excluding steroid dienone is 5. The largest absolute Gasteiger partial charge is 0.493 e. The third-order valence-corrected chi connectivity index (χ3v) is 4.48. The molecule has 1 aliphatic carbocycles. The van der Waals surface area contributed by atoms with Gasteiger partial charge >= 0.3 is 0 Å². The number of rotatable bonds is 13. The van der Waals surface area contributed by atoms with Crippen molar-refractivity contribution >= 4 is 0 Å². The van der Waals surface area contributed by atoms with E-state index in [1.165, 1.54) is 5.57 Å². The highest BCUT2D eigenvalue weighted by Crippen LogP contribution is 2.16. The summed E-state index contributed by atoms with van der Waals surface area (Å²) >= 11 is 0. The van der Waals surface area contributed by atoms with Crippen molar-refractivity contribution in [3.8, 4) is 0 Å². The first-order chi connectivity index (χ1) is 12.6. The lowest BCUT2D eigenvalue weighted by Gasteiger charge is -2.20. The molecule has 0 fully saturated rings. The smallest absolute Gasteiger partial charge is 0.157 e. The SMILES string of the molecule is C/C=C(OC)\C(=C/CN(CC)CCNCCCC1=CCC(F)C=C1)OC. The maximum Gasteiger partial charge on any atom is 0.157 e. The zero-order valence-corrected chi connectivity index (χ0v) is 16.8. The predicted molar refractivity (Wildman–Crippen MR) is 107 cm³/mol. The normalized spacial score (nSPS) is 18.2. The zero-order valence-electron chi connectivity index (χ0n) is 16.8. The molecule has 4 nitrogen and oxygen atoms in total. The van der Waals surface area contributed by atoms with Gasteiger partial charge in [-0.05, 0) is 45.0 Å². The van der Waals surface area contributed by atoms with Crippen LogP contribution >= 0.6 is 0 Å². The molecule has 0 aromatic rings. The molecule has 0 bridgehead atoms. The van der Waals surface area contributed by atoms with Crippen LogP contribution in [0.2, 0.25) is 0 Å². The Hall–Kier alpha value is -1.59. The van der Waals surface area contributed by atoms with E-state index in [-0.39, 0.29) is 0 Å². The Morgan fingerprint density at radius 1 is 1.31 bits per heavy atom. The van der Waals surface area contributed by atoms with Crippen LogP contribution in [0, 0.1) is 0 Å². The Bertz CT molecular complexity index is 512. The van der Waals surface area contributed by atoms with E-state index in [0.29, 0.717) is 6.42 Å². The maximum absolute atomic E-state index is 13.0. The van der Waals surface area contributed by atoms with Crippen LogP contribution < -0.4 is 5.32 Å². The van der Waals surface area contributed by atoms with E-state index in [0.717, 1.165) is 57.1 Å². The molecule has 1 aliphatic rings. The molecule has 0 aromatic carbocycles. The summed E-state index contributed by atoms with van der Waals surface area (Å²) in [6.45, 7) is 8.81. The molecule has 0 spiro atoms. The molecule has 148 valence electrons. The Balaban J connectivity index is 2.22. The number of halogens is 1. The lowest BCUT2D eigenvalue weighted by Crippen LogP contribution is -2.32. The third kappa shape index (κ3) is 8.68. The number of likely N-dealkylation sites (N-methyl/N-ethyl adjacent to an activating group) is 1. The molecule has 0 saturated heterocycles. The Kier molecular flexibility index (Phi) is 11.7. The van der Waals surface area contributed by atoms with Crippen LogP contribution in [-0.4, -0.2) is 58.0 Å². The van der Waals surface area contributed by atoms with Gasteiger partial charge in [-0.3, -0.25) is 4.90 Å². The summed E-state index contributed by atoms with van der Waals surface area (Å²) in [5.74, 6) is 1.53. The summed E-state index contributed by atoms with van der Waals surface area (Å²) in [7, 11) is 3.32. The molecule has 0 aliphatic heterocycles. The third-order valence-electron chi connectivity index (χ3n) is 4.48. The van der Waals surface area contributed by atoms with Crippen LogP contribution in [0.3, 0.4) is 0 Å². The molecule has 0 radical (unpaired) electrons. The molecule has 5 heteroatoms. The van der Waals surface area contributed by atoms with Crippen LogP contribution in [0.5, 0.6) is 0 Å². The van der Waals surface area contributed by atoms with Gasteiger partial charge in [0.2, 0.25) is 0 Å². The standard InChI is InChI=1S/C21H35FN2O2/c1-5-20(25-3)21(26-4)13-16-24(6-2)17-15-23-14-7-8-18-9-11-19(22)12-10-18/h5,9-11,13,19,23H,6-8,12,14-17H2,1-4H3/b20-5+,21-13+. The summed E-state index contributed by atoms with van der Waals surface area (Å²) in [5.41, 5.74) is 1.26. The highest BCUT2D eigenvalue weighted by Gasteiger charge is 2.07. The van der Waals surface area contributed by atoms with Crippen LogP contribution in [0.4, 0.5) is 4.39 Å². The fraction of sp³-hybridized carbons (Fsp3) is 0.619. The lowest BCUT2D eigenvalue weighted by molar-refractivity contribution is 0.216. The van der Waals surface area contributed by atoms with Gasteiger partial charge < -0.3 is 14.8 Å². The van der Waals surface area contributed by atoms with Crippen LogP contribution in [0.15, 0.2) is 47.5 Å². The summed E-state index contributed by atoms with van der Waals surface area (Å²) in [5, 5.41) is 3.49. The minimum absolute atomic E-state index is 0.527. The van der Waals surface area contributed by atoms with Crippen LogP contribution in [0.1, 0.15) is 33.1 Å². The molecule has 0 heterocycles. The highest BCUT2D eigenvalue weighted by molar-refractivity contribution is 5.24. The van der Waals surface area contributed by atoms with Gasteiger partial charge in [0, 0.05) is 26.1 Å². The topological polar surface area (TPSA) is 33.7 Å². The predicted octanol–water partition coefficient (Wildman–Crippen LogP) is 3.98. The van der Waals surface area contributed by atoms with Gasteiger partial charge in [0.05, 0.1) is 14.2 Å². The van der Waals surface area contributed by atoms with E-state index >= 15 is 0 Å². The van der Waals surface area contributed by atoms with E-state index in [4.69, 9.17) is 9.47 Å². The van der Waals surface area contributed by atoms with E-state index in [1.54, 1.807) is 20.3 Å². The van der Waals surface area contributed by atoms with Gasteiger partial charge in [0.25, 0.3) is 0 Å². The Labute approximate surface area is 158 Å². The van der Waals surface area contributed by atoms with E-state index in [1.807, 2.05) is 25.2 Å². The number of ether oxygens (including phenoxy) is 2. The summed E-state index contributed by atoms with van der Waals surface area (Å²) in [6, 6.07) is 0. The number of alkyl halides is 1.